The van der Waals surface area contributed by atoms with Crippen molar-refractivity contribution < 1.29 is 4.79 Å². The third kappa shape index (κ3) is 3.58. The van der Waals surface area contributed by atoms with Crippen LogP contribution in [0.5, 0.6) is 0 Å². The Morgan fingerprint density at radius 1 is 1.39 bits per heavy atom. The van der Waals surface area contributed by atoms with Crippen LogP contribution in [0.1, 0.15) is 5.56 Å². The predicted molar refractivity (Wildman–Crippen MR) is 74.8 cm³/mol. The summed E-state index contributed by atoms with van der Waals surface area (Å²) in [6.45, 7) is 0. The molecule has 0 saturated heterocycles. The second kappa shape index (κ2) is 6.18. The van der Waals surface area contributed by atoms with E-state index in [0.717, 1.165) is 5.56 Å². The van der Waals surface area contributed by atoms with Gasteiger partial charge in [0, 0.05) is 22.8 Å². The van der Waals surface area contributed by atoms with Gasteiger partial charge in [0.15, 0.2) is 5.13 Å². The molecule has 1 heterocycles. The van der Waals surface area contributed by atoms with Crippen molar-refractivity contribution in [1.82, 2.24) is 10.3 Å². The number of carbonyl (C=O) groups is 1. The fourth-order valence-electron chi connectivity index (χ4n) is 1.24. The van der Waals surface area contributed by atoms with Gasteiger partial charge in [-0.3, -0.25) is 5.32 Å². The van der Waals surface area contributed by atoms with Crippen LogP contribution in [-0.4, -0.2) is 11.0 Å². The molecule has 4 nitrogen and oxygen atoms in total. The highest BCUT2D eigenvalue weighted by atomic mass is 35.5. The predicted octanol–water partition coefficient (Wildman–Crippen LogP) is 3.59. The number of urea groups is 1. The van der Waals surface area contributed by atoms with Crippen molar-refractivity contribution >= 4 is 40.2 Å². The van der Waals surface area contributed by atoms with E-state index in [-0.39, 0.29) is 6.03 Å². The van der Waals surface area contributed by atoms with Crippen LogP contribution in [0.4, 0.5) is 9.93 Å². The van der Waals surface area contributed by atoms with Gasteiger partial charge in [0.2, 0.25) is 0 Å². The lowest BCUT2D eigenvalue weighted by molar-refractivity contribution is 0.255. The molecule has 0 aliphatic rings. The van der Waals surface area contributed by atoms with E-state index in [1.165, 1.54) is 17.5 Å². The normalized spacial score (nSPS) is 10.5. The summed E-state index contributed by atoms with van der Waals surface area (Å²) in [4.78, 5) is 15.4. The number of amides is 2. The van der Waals surface area contributed by atoms with E-state index in [1.807, 2.05) is 18.2 Å². The van der Waals surface area contributed by atoms with Gasteiger partial charge in [-0.2, -0.15) is 0 Å². The Balaban J connectivity index is 1.88. The largest absolute Gasteiger partial charge is 0.325 e. The molecule has 0 fully saturated rings. The van der Waals surface area contributed by atoms with Crippen LogP contribution >= 0.6 is 22.9 Å². The second-order valence-corrected chi connectivity index (χ2v) is 4.59. The van der Waals surface area contributed by atoms with Crippen LogP contribution in [0.25, 0.3) is 6.08 Å². The highest BCUT2D eigenvalue weighted by Crippen LogP contribution is 2.15. The molecule has 6 heteroatoms. The Hall–Kier alpha value is -1.85. The van der Waals surface area contributed by atoms with Gasteiger partial charge in [0.1, 0.15) is 0 Å². The van der Waals surface area contributed by atoms with Crippen LogP contribution in [0.3, 0.4) is 0 Å². The molecule has 1 aromatic carbocycles. The number of thiazole rings is 1. The van der Waals surface area contributed by atoms with Crippen LogP contribution in [-0.2, 0) is 0 Å². The number of nitrogens with zero attached hydrogens (tertiary/aromatic N) is 1. The summed E-state index contributed by atoms with van der Waals surface area (Å²) < 4.78 is 0. The summed E-state index contributed by atoms with van der Waals surface area (Å²) in [6.07, 6.45) is 4.88. The van der Waals surface area contributed by atoms with E-state index in [2.05, 4.69) is 15.6 Å². The topological polar surface area (TPSA) is 54.0 Å². The monoisotopic (exact) mass is 279 g/mol. The van der Waals surface area contributed by atoms with Gasteiger partial charge in [-0.15, -0.1) is 11.3 Å². The van der Waals surface area contributed by atoms with Gasteiger partial charge in [-0.1, -0.05) is 29.8 Å². The van der Waals surface area contributed by atoms with Crippen molar-refractivity contribution in [3.05, 3.63) is 52.6 Å². The van der Waals surface area contributed by atoms with E-state index >= 15 is 0 Å². The molecule has 0 unspecified atom stereocenters. The smallest absolute Gasteiger partial charge is 0.314 e. The fraction of sp³-hybridized carbons (Fsp3) is 0. The summed E-state index contributed by atoms with van der Waals surface area (Å²) in [5.74, 6) is 0. The lowest BCUT2D eigenvalue weighted by Crippen LogP contribution is -2.23. The molecule has 0 atom stereocenters. The van der Waals surface area contributed by atoms with Crippen molar-refractivity contribution in [2.75, 3.05) is 5.32 Å². The van der Waals surface area contributed by atoms with Gasteiger partial charge in [-0.05, 0) is 17.7 Å². The van der Waals surface area contributed by atoms with Crippen molar-refractivity contribution in [1.29, 1.82) is 0 Å². The Bertz CT molecular complexity index is 554. The van der Waals surface area contributed by atoms with Gasteiger partial charge in [0.05, 0.1) is 0 Å². The van der Waals surface area contributed by atoms with Gasteiger partial charge in [0.25, 0.3) is 0 Å². The molecule has 0 spiro atoms. The molecule has 2 N–H and O–H groups in total. The zero-order chi connectivity index (χ0) is 12.8. The minimum Gasteiger partial charge on any atom is -0.314 e. The molecule has 0 aliphatic heterocycles. The first-order valence-electron chi connectivity index (χ1n) is 5.14. The number of rotatable bonds is 3. The van der Waals surface area contributed by atoms with E-state index in [4.69, 9.17) is 11.6 Å². The minimum absolute atomic E-state index is 0.340. The molecule has 0 bridgehead atoms. The molecule has 2 rings (SSSR count). The molecule has 1 aromatic heterocycles. The van der Waals surface area contributed by atoms with Crippen LogP contribution in [0.2, 0.25) is 5.02 Å². The van der Waals surface area contributed by atoms with Crippen molar-refractivity contribution in [3.63, 3.8) is 0 Å². The number of anilines is 1. The third-order valence-corrected chi connectivity index (χ3v) is 3.07. The number of benzene rings is 1. The molecular weight excluding hydrogens is 270 g/mol. The highest BCUT2D eigenvalue weighted by molar-refractivity contribution is 7.13. The summed E-state index contributed by atoms with van der Waals surface area (Å²) in [5.41, 5.74) is 0.841. The SMILES string of the molecule is O=C(N/C=C/c1ccccc1Cl)Nc1nccs1. The molecular formula is C12H10ClN3OS. The van der Waals surface area contributed by atoms with Gasteiger partial charge >= 0.3 is 6.03 Å². The van der Waals surface area contributed by atoms with E-state index in [0.29, 0.717) is 10.2 Å². The van der Waals surface area contributed by atoms with Crippen molar-refractivity contribution in [3.8, 4) is 0 Å². The summed E-state index contributed by atoms with van der Waals surface area (Å²) in [6, 6.07) is 7.04. The fourth-order valence-corrected chi connectivity index (χ4v) is 1.96. The third-order valence-electron chi connectivity index (χ3n) is 2.04. The Morgan fingerprint density at radius 3 is 2.94 bits per heavy atom. The molecule has 92 valence electrons. The lowest BCUT2D eigenvalue weighted by atomic mass is 10.2. The maximum Gasteiger partial charge on any atom is 0.325 e. The number of halogens is 1. The summed E-state index contributed by atoms with van der Waals surface area (Å²) in [5, 5.41) is 8.15. The average Bonchev–Trinajstić information content (AvgIpc) is 2.84. The van der Waals surface area contributed by atoms with Gasteiger partial charge < -0.3 is 5.32 Å². The number of nitrogens with one attached hydrogen (secondary N) is 2. The molecule has 2 aromatic rings. The van der Waals surface area contributed by atoms with E-state index in [9.17, 15) is 4.79 Å². The Morgan fingerprint density at radius 2 is 2.22 bits per heavy atom. The van der Waals surface area contributed by atoms with Crippen LogP contribution in [0, 0.1) is 0 Å². The first kappa shape index (κ1) is 12.6. The number of aromatic nitrogens is 1. The summed E-state index contributed by atoms with van der Waals surface area (Å²) >= 11 is 7.32. The molecule has 18 heavy (non-hydrogen) atoms. The maximum absolute atomic E-state index is 11.4. The highest BCUT2D eigenvalue weighted by Gasteiger charge is 2.00. The zero-order valence-corrected chi connectivity index (χ0v) is 10.8. The molecule has 0 aliphatic carbocycles. The van der Waals surface area contributed by atoms with Crippen molar-refractivity contribution in [2.24, 2.45) is 0 Å². The standard InChI is InChI=1S/C12H10ClN3OS/c13-10-4-2-1-3-9(10)5-6-14-11(17)16-12-15-7-8-18-12/h1-8H,(H2,14,15,16,17)/b6-5+. The first-order valence-corrected chi connectivity index (χ1v) is 6.39. The number of hydrogen-bond acceptors (Lipinski definition) is 3. The first-order chi connectivity index (χ1) is 8.75. The molecule has 0 radical (unpaired) electrons. The average molecular weight is 280 g/mol. The van der Waals surface area contributed by atoms with E-state index in [1.54, 1.807) is 23.7 Å². The Labute approximate surface area is 113 Å². The lowest BCUT2D eigenvalue weighted by Gasteiger charge is -2.00. The van der Waals surface area contributed by atoms with E-state index < -0.39 is 0 Å². The van der Waals surface area contributed by atoms with Gasteiger partial charge in [-0.25, -0.2) is 9.78 Å². The minimum atomic E-state index is -0.340. The molecule has 2 amide bonds. The maximum atomic E-state index is 11.4. The number of hydrogen-bond donors (Lipinski definition) is 2. The Kier molecular flexibility index (Phi) is 4.33. The van der Waals surface area contributed by atoms with Crippen LogP contribution < -0.4 is 10.6 Å². The van der Waals surface area contributed by atoms with Crippen LogP contribution in [0.15, 0.2) is 42.0 Å². The molecule has 0 saturated carbocycles. The number of carbonyl (C=O) groups excluding carboxylic acids is 1. The quantitative estimate of drug-likeness (QED) is 0.902. The summed E-state index contributed by atoms with van der Waals surface area (Å²) in [7, 11) is 0. The zero-order valence-electron chi connectivity index (χ0n) is 9.26. The second-order valence-electron chi connectivity index (χ2n) is 3.29. The van der Waals surface area contributed by atoms with Crippen molar-refractivity contribution in [2.45, 2.75) is 0 Å².